The van der Waals surface area contributed by atoms with Gasteiger partial charge in [0.1, 0.15) is 11.5 Å². The van der Waals surface area contributed by atoms with Crippen LogP contribution in [0.3, 0.4) is 0 Å². The number of rotatable bonds is 6. The van der Waals surface area contributed by atoms with Crippen molar-refractivity contribution in [3.05, 3.63) is 89.0 Å². The number of anilines is 1. The molecule has 26 heavy (non-hydrogen) atoms. The van der Waals surface area contributed by atoms with Crippen LogP contribution in [-0.4, -0.2) is 21.3 Å². The predicted octanol–water partition coefficient (Wildman–Crippen LogP) is 5.23. The fourth-order valence-corrected chi connectivity index (χ4v) is 3.32. The van der Waals surface area contributed by atoms with E-state index in [0.717, 1.165) is 17.2 Å². The maximum Gasteiger partial charge on any atom is 0.118 e. The fraction of sp³-hybridized carbons (Fsp3) is 0.217. The van der Waals surface area contributed by atoms with E-state index in [1.165, 1.54) is 22.3 Å². The first-order valence-corrected chi connectivity index (χ1v) is 8.72. The molecular formula is C23H25NO2. The van der Waals surface area contributed by atoms with Crippen LogP contribution in [0.25, 0.3) is 0 Å². The van der Waals surface area contributed by atoms with Crippen molar-refractivity contribution in [3.8, 4) is 11.5 Å². The zero-order chi connectivity index (χ0) is 18.5. The summed E-state index contributed by atoms with van der Waals surface area (Å²) in [5.41, 5.74) is 6.10. The largest absolute Gasteiger partial charge is 0.497 e. The van der Waals surface area contributed by atoms with Crippen molar-refractivity contribution in [3.63, 3.8) is 0 Å². The summed E-state index contributed by atoms with van der Waals surface area (Å²) in [6.07, 6.45) is 0. The molecule has 3 aromatic rings. The lowest BCUT2D eigenvalue weighted by molar-refractivity contribution is 0.414. The second-order valence-electron chi connectivity index (χ2n) is 6.30. The third kappa shape index (κ3) is 3.67. The van der Waals surface area contributed by atoms with Gasteiger partial charge in [0.2, 0.25) is 0 Å². The number of hydrogen-bond acceptors (Lipinski definition) is 3. The third-order valence-electron chi connectivity index (χ3n) is 4.75. The SMILES string of the molecule is CNc1ccc(C(c2ccc(OC)cc2)c2ccc(OC)cc2)cc1C. The molecule has 0 heterocycles. The van der Waals surface area contributed by atoms with Crippen LogP contribution in [0.15, 0.2) is 66.7 Å². The zero-order valence-electron chi connectivity index (χ0n) is 15.7. The molecule has 1 N–H and O–H groups in total. The van der Waals surface area contributed by atoms with Crippen LogP contribution in [0.1, 0.15) is 28.2 Å². The van der Waals surface area contributed by atoms with E-state index in [4.69, 9.17) is 9.47 Å². The standard InChI is InChI=1S/C23H25NO2/c1-16-15-19(9-14-22(16)24-2)23(17-5-10-20(25-3)11-6-17)18-7-12-21(26-4)13-8-18/h5-15,23-24H,1-4H3. The first-order valence-electron chi connectivity index (χ1n) is 8.72. The van der Waals surface area contributed by atoms with E-state index >= 15 is 0 Å². The van der Waals surface area contributed by atoms with Crippen LogP contribution in [0.5, 0.6) is 11.5 Å². The van der Waals surface area contributed by atoms with Crippen molar-refractivity contribution in [2.24, 2.45) is 0 Å². The molecule has 0 saturated heterocycles. The maximum atomic E-state index is 5.32. The highest BCUT2D eigenvalue weighted by Gasteiger charge is 2.18. The van der Waals surface area contributed by atoms with Gasteiger partial charge in [0.05, 0.1) is 14.2 Å². The highest BCUT2D eigenvalue weighted by atomic mass is 16.5. The minimum Gasteiger partial charge on any atom is -0.497 e. The highest BCUT2D eigenvalue weighted by Crippen LogP contribution is 2.35. The summed E-state index contributed by atoms with van der Waals surface area (Å²) in [6, 6.07) is 23.2. The molecule has 0 bridgehead atoms. The van der Waals surface area contributed by atoms with Crippen LogP contribution in [0.4, 0.5) is 5.69 Å². The Kier molecular flexibility index (Phi) is 5.47. The van der Waals surface area contributed by atoms with E-state index in [1.54, 1.807) is 14.2 Å². The molecule has 0 aromatic heterocycles. The van der Waals surface area contributed by atoms with Gasteiger partial charge in [-0.1, -0.05) is 36.4 Å². The molecule has 134 valence electrons. The monoisotopic (exact) mass is 347 g/mol. The first-order chi connectivity index (χ1) is 12.7. The number of methoxy groups -OCH3 is 2. The summed E-state index contributed by atoms with van der Waals surface area (Å²) in [7, 11) is 5.33. The molecule has 0 atom stereocenters. The molecule has 3 rings (SSSR count). The Morgan fingerprint density at radius 3 is 1.54 bits per heavy atom. The van der Waals surface area contributed by atoms with Crippen LogP contribution in [0.2, 0.25) is 0 Å². The van der Waals surface area contributed by atoms with E-state index < -0.39 is 0 Å². The van der Waals surface area contributed by atoms with E-state index in [9.17, 15) is 0 Å². The Balaban J connectivity index is 2.09. The number of nitrogens with one attached hydrogen (secondary N) is 1. The smallest absolute Gasteiger partial charge is 0.118 e. The molecule has 0 aliphatic heterocycles. The molecule has 0 spiro atoms. The molecule has 3 aromatic carbocycles. The van der Waals surface area contributed by atoms with Gasteiger partial charge in [0.15, 0.2) is 0 Å². The van der Waals surface area contributed by atoms with Crippen molar-refractivity contribution in [2.45, 2.75) is 12.8 Å². The Labute approximate surface area is 155 Å². The van der Waals surface area contributed by atoms with Gasteiger partial charge in [0.25, 0.3) is 0 Å². The molecule has 0 aliphatic carbocycles. The molecule has 3 heteroatoms. The molecule has 0 aliphatic rings. The van der Waals surface area contributed by atoms with Crippen LogP contribution < -0.4 is 14.8 Å². The topological polar surface area (TPSA) is 30.5 Å². The second-order valence-corrected chi connectivity index (χ2v) is 6.30. The number of hydrogen-bond donors (Lipinski definition) is 1. The van der Waals surface area contributed by atoms with E-state index in [2.05, 4.69) is 54.7 Å². The maximum absolute atomic E-state index is 5.32. The molecular weight excluding hydrogens is 322 g/mol. The number of aryl methyl sites for hydroxylation is 1. The van der Waals surface area contributed by atoms with Crippen molar-refractivity contribution < 1.29 is 9.47 Å². The molecule has 0 saturated carbocycles. The van der Waals surface area contributed by atoms with Gasteiger partial charge in [-0.05, 0) is 59.5 Å². The van der Waals surface area contributed by atoms with Gasteiger partial charge in [-0.25, -0.2) is 0 Å². The predicted molar refractivity (Wildman–Crippen MR) is 108 cm³/mol. The third-order valence-corrected chi connectivity index (χ3v) is 4.75. The van der Waals surface area contributed by atoms with E-state index in [0.29, 0.717) is 0 Å². The van der Waals surface area contributed by atoms with Gasteiger partial charge in [-0.15, -0.1) is 0 Å². The molecule has 0 radical (unpaired) electrons. The van der Waals surface area contributed by atoms with Gasteiger partial charge < -0.3 is 14.8 Å². The highest BCUT2D eigenvalue weighted by molar-refractivity contribution is 5.55. The van der Waals surface area contributed by atoms with Crippen molar-refractivity contribution in [2.75, 3.05) is 26.6 Å². The normalized spacial score (nSPS) is 10.7. The van der Waals surface area contributed by atoms with Crippen molar-refractivity contribution in [1.82, 2.24) is 0 Å². The Hall–Kier alpha value is -2.94. The minimum absolute atomic E-state index is 0.149. The molecule has 0 amide bonds. The summed E-state index contributed by atoms with van der Waals surface area (Å²) in [4.78, 5) is 0. The van der Waals surface area contributed by atoms with Crippen LogP contribution in [0, 0.1) is 6.92 Å². The summed E-state index contributed by atoms with van der Waals surface area (Å²) < 4.78 is 10.6. The van der Waals surface area contributed by atoms with E-state index in [-0.39, 0.29) is 5.92 Å². The Bertz CT molecular complexity index is 807. The van der Waals surface area contributed by atoms with Gasteiger partial charge in [-0.3, -0.25) is 0 Å². The first kappa shape index (κ1) is 17.9. The minimum atomic E-state index is 0.149. The lowest BCUT2D eigenvalue weighted by atomic mass is 9.84. The lowest BCUT2D eigenvalue weighted by Gasteiger charge is -2.21. The lowest BCUT2D eigenvalue weighted by Crippen LogP contribution is -2.05. The van der Waals surface area contributed by atoms with Gasteiger partial charge >= 0.3 is 0 Å². The van der Waals surface area contributed by atoms with Gasteiger partial charge in [0, 0.05) is 18.7 Å². The summed E-state index contributed by atoms with van der Waals surface area (Å²) >= 11 is 0. The fourth-order valence-electron chi connectivity index (χ4n) is 3.32. The summed E-state index contributed by atoms with van der Waals surface area (Å²) in [5.74, 6) is 1.88. The summed E-state index contributed by atoms with van der Waals surface area (Å²) in [5, 5.41) is 3.24. The average molecular weight is 347 g/mol. The summed E-state index contributed by atoms with van der Waals surface area (Å²) in [6.45, 7) is 2.13. The second kappa shape index (κ2) is 7.96. The average Bonchev–Trinajstić information content (AvgIpc) is 2.69. The van der Waals surface area contributed by atoms with Gasteiger partial charge in [-0.2, -0.15) is 0 Å². The van der Waals surface area contributed by atoms with Crippen LogP contribution in [-0.2, 0) is 0 Å². The van der Waals surface area contributed by atoms with E-state index in [1.807, 2.05) is 31.3 Å². The van der Waals surface area contributed by atoms with Crippen molar-refractivity contribution >= 4 is 5.69 Å². The molecule has 3 nitrogen and oxygen atoms in total. The quantitative estimate of drug-likeness (QED) is 0.619. The Morgan fingerprint density at radius 2 is 1.15 bits per heavy atom. The van der Waals surface area contributed by atoms with Crippen LogP contribution >= 0.6 is 0 Å². The zero-order valence-corrected chi connectivity index (χ0v) is 15.7. The number of ether oxygens (including phenoxy) is 2. The number of benzene rings is 3. The molecule has 0 fully saturated rings. The Morgan fingerprint density at radius 1 is 0.692 bits per heavy atom. The van der Waals surface area contributed by atoms with Crippen molar-refractivity contribution in [1.29, 1.82) is 0 Å². The molecule has 0 unspecified atom stereocenters.